The van der Waals surface area contributed by atoms with Crippen LogP contribution in [0, 0.1) is 5.92 Å². The molecule has 0 radical (unpaired) electrons. The van der Waals surface area contributed by atoms with E-state index in [4.69, 9.17) is 0 Å². The minimum absolute atomic E-state index is 0.173. The number of hydrogen-bond donors (Lipinski definition) is 1. The lowest BCUT2D eigenvalue weighted by atomic mass is 9.60. The molecule has 0 amide bonds. The molecule has 3 atom stereocenters. The van der Waals surface area contributed by atoms with Crippen LogP contribution in [0.25, 0.3) is 10.8 Å². The van der Waals surface area contributed by atoms with E-state index >= 15 is 0 Å². The summed E-state index contributed by atoms with van der Waals surface area (Å²) in [4.78, 5) is 0. The van der Waals surface area contributed by atoms with Gasteiger partial charge in [-0.05, 0) is 76.1 Å². The van der Waals surface area contributed by atoms with Crippen molar-refractivity contribution in [1.29, 1.82) is 0 Å². The van der Waals surface area contributed by atoms with Crippen molar-refractivity contribution in [2.24, 2.45) is 5.92 Å². The van der Waals surface area contributed by atoms with Gasteiger partial charge in [0.2, 0.25) is 0 Å². The Bertz CT molecular complexity index is 1580. The summed E-state index contributed by atoms with van der Waals surface area (Å²) in [5, 5.41) is 6.20. The summed E-state index contributed by atoms with van der Waals surface area (Å²) in [6, 6.07) is 32.9. The molecule has 0 saturated heterocycles. The molecule has 0 spiro atoms. The van der Waals surface area contributed by atoms with E-state index in [2.05, 4.69) is 166 Å². The highest BCUT2D eigenvalue weighted by Gasteiger charge is 2.43. The van der Waals surface area contributed by atoms with Crippen LogP contribution in [-0.2, 0) is 5.41 Å². The van der Waals surface area contributed by atoms with E-state index < -0.39 is 5.41 Å². The standard InChI is InChI=1S/C38H37N/c1-5-14-32(15-6-2)38(33-20-8-7-9-21-33)29(4)17-11-10-16-28(3)36-25-24-35(27-37(36)38)39-34-23-22-30-18-12-13-19-31(30)26-34/h5-29,39H,1H2,2-4H3/b15-6-,16-10-,17-11-,32-14+/t28?,29-,38?/m0/s1. The van der Waals surface area contributed by atoms with Crippen molar-refractivity contribution in [3.8, 4) is 0 Å². The summed E-state index contributed by atoms with van der Waals surface area (Å²) in [5.41, 5.74) is 6.87. The first-order valence-corrected chi connectivity index (χ1v) is 13.8. The molecule has 0 saturated carbocycles. The molecular weight excluding hydrogens is 470 g/mol. The quantitative estimate of drug-likeness (QED) is 0.256. The molecule has 0 fully saturated rings. The lowest BCUT2D eigenvalue weighted by molar-refractivity contribution is 0.476. The molecule has 1 nitrogen and oxygen atoms in total. The monoisotopic (exact) mass is 507 g/mol. The Morgan fingerprint density at radius 2 is 1.49 bits per heavy atom. The smallest absolute Gasteiger partial charge is 0.0514 e. The first kappa shape index (κ1) is 26.3. The highest BCUT2D eigenvalue weighted by molar-refractivity contribution is 5.86. The third kappa shape index (κ3) is 5.05. The molecule has 4 aromatic carbocycles. The van der Waals surface area contributed by atoms with Crippen molar-refractivity contribution in [1.82, 2.24) is 0 Å². The molecule has 0 bridgehead atoms. The van der Waals surface area contributed by atoms with Gasteiger partial charge in [-0.2, -0.15) is 0 Å². The van der Waals surface area contributed by atoms with E-state index in [1.165, 1.54) is 33.0 Å². The largest absolute Gasteiger partial charge is 0.356 e. The van der Waals surface area contributed by atoms with E-state index in [-0.39, 0.29) is 11.8 Å². The number of rotatable bonds is 6. The second kappa shape index (κ2) is 11.6. The van der Waals surface area contributed by atoms with Crippen molar-refractivity contribution in [2.45, 2.75) is 32.1 Å². The fourth-order valence-electron chi connectivity index (χ4n) is 6.09. The molecule has 0 aromatic heterocycles. The molecule has 5 rings (SSSR count). The molecule has 1 aliphatic carbocycles. The molecular formula is C38H37N. The Hall–Kier alpha value is -4.36. The van der Waals surface area contributed by atoms with Crippen LogP contribution in [0.4, 0.5) is 11.4 Å². The lowest BCUT2D eigenvalue weighted by Crippen LogP contribution is -2.37. The van der Waals surface area contributed by atoms with Gasteiger partial charge in [0.25, 0.3) is 0 Å². The number of allylic oxidation sites excluding steroid dienone is 9. The zero-order valence-electron chi connectivity index (χ0n) is 23.1. The summed E-state index contributed by atoms with van der Waals surface area (Å²) in [6.45, 7) is 10.8. The summed E-state index contributed by atoms with van der Waals surface area (Å²) < 4.78 is 0. The van der Waals surface area contributed by atoms with E-state index in [1.807, 2.05) is 6.08 Å². The van der Waals surface area contributed by atoms with Crippen molar-refractivity contribution in [3.63, 3.8) is 0 Å². The van der Waals surface area contributed by atoms with Crippen LogP contribution in [0.15, 0.2) is 152 Å². The molecule has 0 heterocycles. The molecule has 39 heavy (non-hydrogen) atoms. The topological polar surface area (TPSA) is 12.0 Å². The average Bonchev–Trinajstić information content (AvgIpc) is 3.01. The van der Waals surface area contributed by atoms with Crippen LogP contribution in [-0.4, -0.2) is 0 Å². The summed E-state index contributed by atoms with van der Waals surface area (Å²) in [5.74, 6) is 0.426. The number of fused-ring (bicyclic) bond motifs is 2. The molecule has 1 N–H and O–H groups in total. The van der Waals surface area contributed by atoms with Crippen LogP contribution in [0.2, 0.25) is 0 Å². The normalized spacial score (nSPS) is 22.9. The Morgan fingerprint density at radius 3 is 2.26 bits per heavy atom. The SMILES string of the molecule is C=C/C=C(\C=C/C)C1(c2ccccc2)c2cc(Nc3ccc4ccccc4c3)ccc2C(C)/C=C\C=C/[C@@H]1C. The van der Waals surface area contributed by atoms with Gasteiger partial charge in [0.15, 0.2) is 0 Å². The zero-order chi connectivity index (χ0) is 27.2. The predicted molar refractivity (Wildman–Crippen MR) is 170 cm³/mol. The Balaban J connectivity index is 1.78. The van der Waals surface area contributed by atoms with Crippen LogP contribution in [0.5, 0.6) is 0 Å². The maximum Gasteiger partial charge on any atom is 0.0514 e. The minimum atomic E-state index is -0.421. The summed E-state index contributed by atoms with van der Waals surface area (Å²) in [6.07, 6.45) is 17.5. The first-order valence-electron chi connectivity index (χ1n) is 13.8. The van der Waals surface area contributed by atoms with Gasteiger partial charge < -0.3 is 5.32 Å². The van der Waals surface area contributed by atoms with E-state index in [0.717, 1.165) is 11.4 Å². The van der Waals surface area contributed by atoms with Gasteiger partial charge in [0, 0.05) is 11.4 Å². The zero-order valence-corrected chi connectivity index (χ0v) is 23.1. The Morgan fingerprint density at radius 1 is 0.795 bits per heavy atom. The maximum absolute atomic E-state index is 4.10. The first-order chi connectivity index (χ1) is 19.1. The summed E-state index contributed by atoms with van der Waals surface area (Å²) >= 11 is 0. The van der Waals surface area contributed by atoms with Crippen LogP contribution in [0.3, 0.4) is 0 Å². The molecule has 0 aliphatic heterocycles. The molecule has 4 aromatic rings. The van der Waals surface area contributed by atoms with Gasteiger partial charge in [-0.3, -0.25) is 0 Å². The van der Waals surface area contributed by atoms with Gasteiger partial charge in [-0.25, -0.2) is 0 Å². The van der Waals surface area contributed by atoms with E-state index in [1.54, 1.807) is 0 Å². The van der Waals surface area contributed by atoms with E-state index in [0.29, 0.717) is 0 Å². The third-order valence-corrected chi connectivity index (χ3v) is 7.93. The van der Waals surface area contributed by atoms with Gasteiger partial charge >= 0.3 is 0 Å². The molecule has 1 aliphatic rings. The van der Waals surface area contributed by atoms with Crippen molar-refractivity contribution >= 4 is 22.1 Å². The van der Waals surface area contributed by atoms with Gasteiger partial charge in [-0.1, -0.05) is 136 Å². The van der Waals surface area contributed by atoms with Crippen LogP contribution >= 0.6 is 0 Å². The van der Waals surface area contributed by atoms with Crippen LogP contribution < -0.4 is 5.32 Å². The van der Waals surface area contributed by atoms with Gasteiger partial charge in [-0.15, -0.1) is 0 Å². The van der Waals surface area contributed by atoms with Crippen molar-refractivity contribution in [3.05, 3.63) is 168 Å². The number of hydrogen-bond acceptors (Lipinski definition) is 1. The Labute approximate surface area is 233 Å². The maximum atomic E-state index is 4.10. The predicted octanol–water partition coefficient (Wildman–Crippen LogP) is 10.4. The van der Waals surface area contributed by atoms with Crippen molar-refractivity contribution < 1.29 is 0 Å². The second-order valence-electron chi connectivity index (χ2n) is 10.4. The highest BCUT2D eigenvalue weighted by atomic mass is 14.9. The van der Waals surface area contributed by atoms with Crippen molar-refractivity contribution in [2.75, 3.05) is 5.32 Å². The fraction of sp³-hybridized carbons (Fsp3) is 0.158. The second-order valence-corrected chi connectivity index (χ2v) is 10.4. The third-order valence-electron chi connectivity index (χ3n) is 7.93. The molecule has 1 heteroatoms. The number of nitrogens with one attached hydrogen (secondary N) is 1. The summed E-state index contributed by atoms with van der Waals surface area (Å²) in [7, 11) is 0. The van der Waals surface area contributed by atoms with Gasteiger partial charge in [0.05, 0.1) is 5.41 Å². The number of benzene rings is 4. The van der Waals surface area contributed by atoms with E-state index in [9.17, 15) is 0 Å². The van der Waals surface area contributed by atoms with Crippen LogP contribution in [0.1, 0.15) is 43.4 Å². The minimum Gasteiger partial charge on any atom is -0.356 e. The highest BCUT2D eigenvalue weighted by Crippen LogP contribution is 2.50. The average molecular weight is 508 g/mol. The fourth-order valence-corrected chi connectivity index (χ4v) is 6.09. The van der Waals surface area contributed by atoms with Gasteiger partial charge in [0.1, 0.15) is 0 Å². The molecule has 2 unspecified atom stereocenters. The molecule has 194 valence electrons. The lowest BCUT2D eigenvalue weighted by Gasteiger charge is -2.43. The number of anilines is 2. The Kier molecular flexibility index (Phi) is 7.79.